The van der Waals surface area contributed by atoms with E-state index >= 15 is 0 Å². The van der Waals surface area contributed by atoms with E-state index < -0.39 is 17.6 Å². The third kappa shape index (κ3) is 4.27. The maximum atomic E-state index is 13.0. The number of fused-ring (bicyclic) bond motifs is 1. The number of aromatic nitrogens is 1. The van der Waals surface area contributed by atoms with Crippen LogP contribution in [-0.2, 0) is 11.2 Å². The van der Waals surface area contributed by atoms with E-state index in [2.05, 4.69) is 22.1 Å². The summed E-state index contributed by atoms with van der Waals surface area (Å²) in [6, 6.07) is 5.19. The van der Waals surface area contributed by atoms with Gasteiger partial charge >= 0.3 is 0 Å². The molecule has 1 N–H and O–H groups in total. The summed E-state index contributed by atoms with van der Waals surface area (Å²) in [6.07, 6.45) is 0.574. The topological polar surface area (TPSA) is 82.6 Å². The number of carbonyl (C=O) groups excluding carboxylic acids is 3. The molecule has 1 aromatic heterocycles. The Balaban J connectivity index is 1.43. The first kappa shape index (κ1) is 20.6. The molecule has 0 unspecified atom stereocenters. The molecule has 4 rings (SSSR count). The summed E-state index contributed by atoms with van der Waals surface area (Å²) in [4.78, 5) is 46.9. The van der Waals surface area contributed by atoms with Crippen molar-refractivity contribution in [2.45, 2.75) is 19.8 Å². The second kappa shape index (κ2) is 8.61. The highest BCUT2D eigenvalue weighted by atomic mass is 32.1. The molecule has 1 aliphatic carbocycles. The van der Waals surface area contributed by atoms with Crippen molar-refractivity contribution in [3.63, 3.8) is 0 Å². The molecular formula is C21H23FN4O3S. The van der Waals surface area contributed by atoms with Gasteiger partial charge in [-0.3, -0.25) is 19.7 Å². The van der Waals surface area contributed by atoms with Gasteiger partial charge in [0.2, 0.25) is 5.91 Å². The minimum Gasteiger partial charge on any atom is -0.340 e. The zero-order valence-electron chi connectivity index (χ0n) is 16.7. The summed E-state index contributed by atoms with van der Waals surface area (Å²) < 4.78 is 13.0. The number of halogens is 1. The molecule has 1 aromatic carbocycles. The number of thiazole rings is 1. The van der Waals surface area contributed by atoms with Crippen molar-refractivity contribution in [2.24, 2.45) is 5.92 Å². The smallest absolute Gasteiger partial charge is 0.257 e. The Kier molecular flexibility index (Phi) is 5.92. The third-order valence-corrected chi connectivity index (χ3v) is 6.68. The number of ketones is 1. The quantitative estimate of drug-likeness (QED) is 0.806. The number of likely N-dealkylation sites (N-methyl/N-ethyl adjacent to an activating group) is 1. The monoisotopic (exact) mass is 430 g/mol. The summed E-state index contributed by atoms with van der Waals surface area (Å²) in [6.45, 7) is 6.14. The van der Waals surface area contributed by atoms with Crippen LogP contribution in [-0.4, -0.2) is 65.1 Å². The molecule has 2 aromatic rings. The Morgan fingerprint density at radius 1 is 1.17 bits per heavy atom. The second-order valence-electron chi connectivity index (χ2n) is 7.54. The first-order chi connectivity index (χ1) is 14.4. The first-order valence-electron chi connectivity index (χ1n) is 10.1. The Labute approximate surface area is 177 Å². The van der Waals surface area contributed by atoms with Gasteiger partial charge in [0.1, 0.15) is 5.82 Å². The van der Waals surface area contributed by atoms with Gasteiger partial charge in [0.25, 0.3) is 5.91 Å². The minimum absolute atomic E-state index is 0.00894. The van der Waals surface area contributed by atoms with Crippen LogP contribution in [0.5, 0.6) is 0 Å². The van der Waals surface area contributed by atoms with Crippen LogP contribution in [0, 0.1) is 11.7 Å². The highest BCUT2D eigenvalue weighted by molar-refractivity contribution is 7.17. The summed E-state index contributed by atoms with van der Waals surface area (Å²) in [5, 5.41) is 2.98. The van der Waals surface area contributed by atoms with Crippen LogP contribution < -0.4 is 5.32 Å². The van der Waals surface area contributed by atoms with E-state index in [9.17, 15) is 18.8 Å². The van der Waals surface area contributed by atoms with Gasteiger partial charge in [-0.2, -0.15) is 0 Å². The van der Waals surface area contributed by atoms with Gasteiger partial charge < -0.3 is 9.80 Å². The molecule has 1 atom stereocenters. The Morgan fingerprint density at radius 3 is 2.53 bits per heavy atom. The number of hydrogen-bond acceptors (Lipinski definition) is 6. The van der Waals surface area contributed by atoms with Crippen LogP contribution in [0.4, 0.5) is 9.52 Å². The highest BCUT2D eigenvalue weighted by Crippen LogP contribution is 2.33. The molecule has 2 heterocycles. The highest BCUT2D eigenvalue weighted by Gasteiger charge is 2.36. The van der Waals surface area contributed by atoms with Crippen molar-refractivity contribution in [1.29, 1.82) is 0 Å². The predicted molar refractivity (Wildman–Crippen MR) is 111 cm³/mol. The van der Waals surface area contributed by atoms with Gasteiger partial charge in [-0.25, -0.2) is 9.37 Å². The van der Waals surface area contributed by atoms with Crippen LogP contribution in [0.1, 0.15) is 39.1 Å². The lowest BCUT2D eigenvalue weighted by atomic mass is 9.88. The summed E-state index contributed by atoms with van der Waals surface area (Å²) in [7, 11) is 0. The minimum atomic E-state index is -0.423. The predicted octanol–water partition coefficient (Wildman–Crippen LogP) is 2.44. The van der Waals surface area contributed by atoms with Crippen molar-refractivity contribution in [3.05, 3.63) is 46.2 Å². The largest absolute Gasteiger partial charge is 0.340 e. The van der Waals surface area contributed by atoms with E-state index in [1.165, 1.54) is 24.3 Å². The molecule has 0 bridgehead atoms. The van der Waals surface area contributed by atoms with E-state index in [-0.39, 0.29) is 18.1 Å². The van der Waals surface area contributed by atoms with Crippen molar-refractivity contribution in [1.82, 2.24) is 14.8 Å². The Hall–Kier alpha value is -2.65. The summed E-state index contributed by atoms with van der Waals surface area (Å²) in [5.74, 6) is -1.35. The second-order valence-corrected chi connectivity index (χ2v) is 8.54. The summed E-state index contributed by atoms with van der Waals surface area (Å²) >= 11 is 1.12. The number of carbonyl (C=O) groups is 3. The lowest BCUT2D eigenvalue weighted by molar-refractivity contribution is -0.137. The molecule has 7 nitrogen and oxygen atoms in total. The van der Waals surface area contributed by atoms with Gasteiger partial charge in [0, 0.05) is 44.6 Å². The van der Waals surface area contributed by atoms with E-state index in [0.29, 0.717) is 40.8 Å². The molecule has 0 spiro atoms. The van der Waals surface area contributed by atoms with Crippen molar-refractivity contribution >= 4 is 34.1 Å². The number of Topliss-reactive ketones (excluding diaryl/α,β-unsaturated/α-hetero) is 1. The molecule has 158 valence electrons. The van der Waals surface area contributed by atoms with E-state index in [1.807, 2.05) is 4.90 Å². The van der Waals surface area contributed by atoms with Crippen LogP contribution in [0.15, 0.2) is 24.3 Å². The van der Waals surface area contributed by atoms with E-state index in [0.717, 1.165) is 31.0 Å². The number of hydrogen-bond donors (Lipinski definition) is 1. The van der Waals surface area contributed by atoms with Gasteiger partial charge in [-0.1, -0.05) is 18.3 Å². The number of nitrogens with zero attached hydrogens (tertiary/aromatic N) is 3. The number of rotatable bonds is 4. The standard InChI is InChI=1S/C21H23FN4O3S/c1-2-25-7-9-26(10-8-25)20(29)14-11-16-18(17(27)12-14)30-21(23-16)24-19(28)13-3-5-15(22)6-4-13/h3-6,14H,2,7-12H2,1H3,(H,23,24,28)/t14-/m0/s1. The molecule has 1 fully saturated rings. The van der Waals surface area contributed by atoms with Crippen LogP contribution in [0.25, 0.3) is 0 Å². The molecule has 0 radical (unpaired) electrons. The molecule has 2 aliphatic rings. The van der Waals surface area contributed by atoms with Crippen LogP contribution in [0.3, 0.4) is 0 Å². The number of anilines is 1. The fourth-order valence-corrected chi connectivity index (χ4v) is 4.81. The number of amides is 2. The summed E-state index contributed by atoms with van der Waals surface area (Å²) in [5.41, 5.74) is 0.867. The van der Waals surface area contributed by atoms with Gasteiger partial charge in [-0.15, -0.1) is 0 Å². The molecule has 1 aliphatic heterocycles. The fraction of sp³-hybridized carbons (Fsp3) is 0.429. The first-order valence-corrected chi connectivity index (χ1v) is 10.9. The van der Waals surface area contributed by atoms with Gasteiger partial charge in [0.15, 0.2) is 10.9 Å². The fourth-order valence-electron chi connectivity index (χ4n) is 3.87. The number of piperazine rings is 1. The average Bonchev–Trinajstić information content (AvgIpc) is 3.16. The molecule has 0 saturated carbocycles. The molecule has 2 amide bonds. The maximum Gasteiger partial charge on any atom is 0.257 e. The normalized spacial score (nSPS) is 19.5. The van der Waals surface area contributed by atoms with Crippen molar-refractivity contribution in [3.8, 4) is 0 Å². The number of nitrogens with one attached hydrogen (secondary N) is 1. The maximum absolute atomic E-state index is 13.0. The number of benzene rings is 1. The zero-order chi connectivity index (χ0) is 21.3. The van der Waals surface area contributed by atoms with Crippen molar-refractivity contribution < 1.29 is 18.8 Å². The van der Waals surface area contributed by atoms with Crippen molar-refractivity contribution in [2.75, 3.05) is 38.0 Å². The molecule has 30 heavy (non-hydrogen) atoms. The van der Waals surface area contributed by atoms with Crippen LogP contribution >= 0.6 is 11.3 Å². The molecule has 9 heteroatoms. The lowest BCUT2D eigenvalue weighted by Gasteiger charge is -2.36. The van der Waals surface area contributed by atoms with E-state index in [4.69, 9.17) is 0 Å². The van der Waals surface area contributed by atoms with Crippen LogP contribution in [0.2, 0.25) is 0 Å². The lowest BCUT2D eigenvalue weighted by Crippen LogP contribution is -2.51. The SMILES string of the molecule is CCN1CCN(C(=O)[C@@H]2CC(=O)c3sc(NC(=O)c4ccc(F)cc4)nc3C2)CC1. The van der Waals surface area contributed by atoms with E-state index in [1.54, 1.807) is 0 Å². The third-order valence-electron chi connectivity index (χ3n) is 5.63. The Morgan fingerprint density at radius 2 is 1.87 bits per heavy atom. The van der Waals surface area contributed by atoms with Gasteiger partial charge in [0.05, 0.1) is 16.5 Å². The zero-order valence-corrected chi connectivity index (χ0v) is 17.5. The Bertz CT molecular complexity index is 967. The average molecular weight is 431 g/mol. The molecular weight excluding hydrogens is 407 g/mol. The molecule has 1 saturated heterocycles. The van der Waals surface area contributed by atoms with Gasteiger partial charge in [-0.05, 0) is 30.8 Å².